The number of rotatable bonds is 4. The van der Waals surface area contributed by atoms with Gasteiger partial charge in [0.25, 0.3) is 0 Å². The number of benzene rings is 1. The highest BCUT2D eigenvalue weighted by Crippen LogP contribution is 2.38. The van der Waals surface area contributed by atoms with Crippen molar-refractivity contribution < 1.29 is 17.6 Å². The zero-order valence-corrected chi connectivity index (χ0v) is 16.1. The van der Waals surface area contributed by atoms with E-state index >= 15 is 0 Å². The van der Waals surface area contributed by atoms with E-state index in [0.717, 1.165) is 6.20 Å². The molecule has 3 heterocycles. The normalized spacial score (nSPS) is 15.1. The smallest absolute Gasteiger partial charge is 0.347 e. The lowest BCUT2D eigenvalue weighted by Gasteiger charge is -2.35. The second kappa shape index (κ2) is 7.55. The van der Waals surface area contributed by atoms with Crippen LogP contribution in [0.3, 0.4) is 0 Å². The average molecular weight is 420 g/mol. The molecule has 4 nitrogen and oxygen atoms in total. The summed E-state index contributed by atoms with van der Waals surface area (Å²) in [6.45, 7) is 1.80. The molecule has 0 N–H and O–H groups in total. The number of aromatic nitrogens is 2. The van der Waals surface area contributed by atoms with Crippen LogP contribution in [0.2, 0.25) is 0 Å². The predicted octanol–water partition coefficient (Wildman–Crippen LogP) is 5.22. The maximum atomic E-state index is 14.1. The van der Waals surface area contributed by atoms with Crippen molar-refractivity contribution in [3.8, 4) is 0 Å². The Morgan fingerprint density at radius 3 is 2.66 bits per heavy atom. The molecule has 0 spiro atoms. The van der Waals surface area contributed by atoms with Gasteiger partial charge in [-0.2, -0.15) is 13.2 Å². The van der Waals surface area contributed by atoms with Crippen LogP contribution in [0.5, 0.6) is 0 Å². The lowest BCUT2D eigenvalue weighted by molar-refractivity contribution is -0.142. The molecule has 0 aliphatic carbocycles. The van der Waals surface area contributed by atoms with Crippen LogP contribution < -0.4 is 0 Å². The molecule has 150 valence electrons. The van der Waals surface area contributed by atoms with Crippen molar-refractivity contribution in [3.05, 3.63) is 75.8 Å². The van der Waals surface area contributed by atoms with Crippen LogP contribution in [0.25, 0.3) is 0 Å². The van der Waals surface area contributed by atoms with Gasteiger partial charge in [-0.15, -0.1) is 11.3 Å². The Balaban J connectivity index is 1.76. The quantitative estimate of drug-likeness (QED) is 0.544. The number of pyridine rings is 1. The monoisotopic (exact) mass is 420 g/mol. The van der Waals surface area contributed by atoms with Gasteiger partial charge in [0, 0.05) is 29.7 Å². The number of hydrogen-bond acceptors (Lipinski definition) is 5. The SMILES string of the molecule is CC(Cc1ccccc1F)N1Cc2c(ccnc2C(F)(F)F)N=C1c1cscn1. The van der Waals surface area contributed by atoms with Crippen LogP contribution in [-0.4, -0.2) is 26.7 Å². The van der Waals surface area contributed by atoms with Gasteiger partial charge in [-0.05, 0) is 31.0 Å². The maximum absolute atomic E-state index is 14.1. The van der Waals surface area contributed by atoms with Gasteiger partial charge < -0.3 is 4.90 Å². The van der Waals surface area contributed by atoms with Crippen molar-refractivity contribution in [3.63, 3.8) is 0 Å². The van der Waals surface area contributed by atoms with Crippen molar-refractivity contribution in [2.45, 2.75) is 32.1 Å². The Labute approximate surface area is 168 Å². The first-order chi connectivity index (χ1) is 13.8. The second-order valence-corrected chi connectivity index (χ2v) is 7.46. The topological polar surface area (TPSA) is 41.4 Å². The first-order valence-electron chi connectivity index (χ1n) is 8.87. The minimum Gasteiger partial charge on any atom is -0.347 e. The summed E-state index contributed by atoms with van der Waals surface area (Å²) in [6.07, 6.45) is -3.16. The Morgan fingerprint density at radius 1 is 1.17 bits per heavy atom. The molecule has 0 radical (unpaired) electrons. The molecule has 29 heavy (non-hydrogen) atoms. The standard InChI is InChI=1S/C20H16F4N4S/c1-12(8-13-4-2-3-5-15(13)21)28-9-14-16(6-7-25-18(14)20(22,23)24)27-19(28)17-10-29-11-26-17/h2-7,10-12H,8-9H2,1H3. The first-order valence-corrected chi connectivity index (χ1v) is 9.81. The Hall–Kier alpha value is -2.81. The molecule has 9 heteroatoms. The Bertz CT molecular complexity index is 1050. The number of amidine groups is 1. The number of nitrogens with zero attached hydrogens (tertiary/aromatic N) is 4. The van der Waals surface area contributed by atoms with Gasteiger partial charge in [-0.25, -0.2) is 14.4 Å². The zero-order valence-electron chi connectivity index (χ0n) is 15.3. The highest BCUT2D eigenvalue weighted by molar-refractivity contribution is 7.07. The van der Waals surface area contributed by atoms with Crippen LogP contribution in [-0.2, 0) is 19.1 Å². The van der Waals surface area contributed by atoms with Crippen LogP contribution in [0.15, 0.2) is 52.4 Å². The Kier molecular flexibility index (Phi) is 5.08. The summed E-state index contributed by atoms with van der Waals surface area (Å²) in [5.74, 6) is 0.128. The molecule has 3 aromatic rings. The summed E-state index contributed by atoms with van der Waals surface area (Å²) in [5.41, 5.74) is 2.00. The fraction of sp³-hybridized carbons (Fsp3) is 0.250. The molecule has 0 saturated carbocycles. The molecule has 1 unspecified atom stereocenters. The largest absolute Gasteiger partial charge is 0.433 e. The van der Waals surface area contributed by atoms with Gasteiger partial charge in [-0.1, -0.05) is 18.2 Å². The third kappa shape index (κ3) is 3.87. The highest BCUT2D eigenvalue weighted by atomic mass is 32.1. The van der Waals surface area contributed by atoms with E-state index in [2.05, 4.69) is 15.0 Å². The number of thiazole rings is 1. The number of alkyl halides is 3. The van der Waals surface area contributed by atoms with E-state index in [1.54, 1.807) is 34.0 Å². The van der Waals surface area contributed by atoms with Crippen molar-refractivity contribution in [2.24, 2.45) is 4.99 Å². The second-order valence-electron chi connectivity index (χ2n) is 6.74. The summed E-state index contributed by atoms with van der Waals surface area (Å²) < 4.78 is 54.6. The van der Waals surface area contributed by atoms with E-state index < -0.39 is 11.9 Å². The molecule has 2 aromatic heterocycles. The van der Waals surface area contributed by atoms with Gasteiger partial charge in [0.1, 0.15) is 11.5 Å². The minimum atomic E-state index is -4.58. The van der Waals surface area contributed by atoms with Crippen molar-refractivity contribution in [1.82, 2.24) is 14.9 Å². The molecule has 0 bridgehead atoms. The summed E-state index contributed by atoms with van der Waals surface area (Å²) >= 11 is 1.37. The summed E-state index contributed by atoms with van der Waals surface area (Å²) in [6, 6.07) is 7.53. The van der Waals surface area contributed by atoms with Crippen molar-refractivity contribution >= 4 is 22.9 Å². The van der Waals surface area contributed by atoms with E-state index in [4.69, 9.17) is 0 Å². The lowest BCUT2D eigenvalue weighted by atomic mass is 10.0. The van der Waals surface area contributed by atoms with E-state index in [-0.39, 0.29) is 29.7 Å². The van der Waals surface area contributed by atoms with Gasteiger partial charge in [0.05, 0.1) is 11.2 Å². The number of hydrogen-bond donors (Lipinski definition) is 0. The molecule has 0 saturated heterocycles. The van der Waals surface area contributed by atoms with Gasteiger partial charge >= 0.3 is 6.18 Å². The van der Waals surface area contributed by atoms with Crippen LogP contribution in [0.4, 0.5) is 23.2 Å². The van der Waals surface area contributed by atoms with Crippen LogP contribution >= 0.6 is 11.3 Å². The first kappa shape index (κ1) is 19.5. The summed E-state index contributed by atoms with van der Waals surface area (Å²) in [4.78, 5) is 14.0. The zero-order chi connectivity index (χ0) is 20.6. The number of fused-ring (bicyclic) bond motifs is 1. The third-order valence-corrected chi connectivity index (χ3v) is 5.38. The van der Waals surface area contributed by atoms with Crippen molar-refractivity contribution in [1.29, 1.82) is 0 Å². The van der Waals surface area contributed by atoms with Gasteiger partial charge in [0.2, 0.25) is 0 Å². The molecule has 0 amide bonds. The summed E-state index contributed by atoms with van der Waals surface area (Å²) in [5, 5.41) is 1.79. The summed E-state index contributed by atoms with van der Waals surface area (Å²) in [7, 11) is 0. The van der Waals surface area contributed by atoms with E-state index in [1.807, 2.05) is 6.92 Å². The molecule has 0 fully saturated rings. The van der Waals surface area contributed by atoms with Crippen molar-refractivity contribution in [2.75, 3.05) is 0 Å². The Morgan fingerprint density at radius 2 is 1.97 bits per heavy atom. The fourth-order valence-corrected chi connectivity index (χ4v) is 3.93. The third-order valence-electron chi connectivity index (χ3n) is 4.79. The predicted molar refractivity (Wildman–Crippen MR) is 103 cm³/mol. The average Bonchev–Trinajstić information content (AvgIpc) is 3.22. The van der Waals surface area contributed by atoms with Gasteiger partial charge in [0.15, 0.2) is 11.5 Å². The van der Waals surface area contributed by atoms with Gasteiger partial charge in [-0.3, -0.25) is 4.98 Å². The molecular weight excluding hydrogens is 404 g/mol. The molecule has 4 rings (SSSR count). The molecule has 1 aliphatic rings. The molecular formula is C20H16F4N4S. The lowest BCUT2D eigenvalue weighted by Crippen LogP contribution is -2.42. The van der Waals surface area contributed by atoms with Crippen LogP contribution in [0.1, 0.15) is 29.4 Å². The van der Waals surface area contributed by atoms with E-state index in [0.29, 0.717) is 23.5 Å². The number of halogens is 4. The molecule has 1 aliphatic heterocycles. The van der Waals surface area contributed by atoms with E-state index in [1.165, 1.54) is 23.5 Å². The number of aliphatic imine (C=N–C) groups is 1. The maximum Gasteiger partial charge on any atom is 0.433 e. The van der Waals surface area contributed by atoms with Crippen LogP contribution in [0, 0.1) is 5.82 Å². The fourth-order valence-electron chi connectivity index (χ4n) is 3.40. The minimum absolute atomic E-state index is 0.0133. The highest BCUT2D eigenvalue weighted by Gasteiger charge is 2.39. The molecule has 1 aromatic carbocycles. The van der Waals surface area contributed by atoms with E-state index in [9.17, 15) is 17.6 Å². The molecule has 1 atom stereocenters.